The van der Waals surface area contributed by atoms with Gasteiger partial charge in [-0.15, -0.1) is 0 Å². The molecule has 0 aliphatic carbocycles. The van der Waals surface area contributed by atoms with Crippen LogP contribution < -0.4 is 9.64 Å². The van der Waals surface area contributed by atoms with Gasteiger partial charge in [0.05, 0.1) is 6.61 Å². The van der Waals surface area contributed by atoms with Crippen LogP contribution in [0.2, 0.25) is 0 Å². The maximum Gasteiger partial charge on any atom is 0.344 e. The van der Waals surface area contributed by atoms with Crippen molar-refractivity contribution in [3.63, 3.8) is 0 Å². The second-order valence-corrected chi connectivity index (χ2v) is 7.56. The highest BCUT2D eigenvalue weighted by atomic mass is 19.2. The Balaban J connectivity index is 2.64. The molecular weight excluding hydrogens is 425 g/mol. The monoisotopic (exact) mass is 462 g/mol. The smallest absolute Gasteiger partial charge is 0.344 e. The van der Waals surface area contributed by atoms with E-state index in [1.54, 1.807) is 0 Å². The van der Waals surface area contributed by atoms with Gasteiger partial charge in [-0.05, 0) is 32.1 Å². The van der Waals surface area contributed by atoms with E-state index >= 15 is 0 Å². The quantitative estimate of drug-likeness (QED) is 0.165. The summed E-state index contributed by atoms with van der Waals surface area (Å²) in [5, 5.41) is 0. The van der Waals surface area contributed by atoms with E-state index < -0.39 is 41.7 Å². The van der Waals surface area contributed by atoms with Crippen LogP contribution >= 0.6 is 0 Å². The van der Waals surface area contributed by atoms with Crippen molar-refractivity contribution < 1.29 is 32.2 Å². The first-order chi connectivity index (χ1) is 15.5. The second kappa shape index (κ2) is 16.6. The van der Waals surface area contributed by atoms with E-state index in [4.69, 9.17) is 14.2 Å². The molecule has 0 radical (unpaired) electrons. The van der Waals surface area contributed by atoms with Gasteiger partial charge in [0.1, 0.15) is 5.69 Å². The number of ether oxygens (including phenoxy) is 3. The molecule has 0 N–H and O–H groups in total. The average Bonchev–Trinajstić information content (AvgIpc) is 2.78. The molecule has 1 aromatic heterocycles. The molecule has 0 fully saturated rings. The predicted molar refractivity (Wildman–Crippen MR) is 118 cm³/mol. The van der Waals surface area contributed by atoms with Crippen LogP contribution in [-0.4, -0.2) is 50.5 Å². The molecule has 0 saturated carbocycles. The Morgan fingerprint density at radius 1 is 0.844 bits per heavy atom. The normalized spacial score (nSPS) is 10.9. The number of anilines is 1. The first-order valence-electron chi connectivity index (χ1n) is 11.6. The summed E-state index contributed by atoms with van der Waals surface area (Å²) in [6.07, 6.45) is 6.46. The van der Waals surface area contributed by atoms with Gasteiger partial charge in [-0.1, -0.05) is 40.0 Å². The summed E-state index contributed by atoms with van der Waals surface area (Å²) in [7, 11) is 0. The average molecular weight is 463 g/mol. The third-order valence-corrected chi connectivity index (χ3v) is 4.78. The van der Waals surface area contributed by atoms with Crippen molar-refractivity contribution in [1.82, 2.24) is 4.98 Å². The lowest BCUT2D eigenvalue weighted by molar-refractivity contribution is -0.146. The number of esters is 1. The van der Waals surface area contributed by atoms with E-state index in [9.17, 15) is 18.0 Å². The minimum atomic E-state index is -1.47. The summed E-state index contributed by atoms with van der Waals surface area (Å²) in [5.41, 5.74) is -0.508. The van der Waals surface area contributed by atoms with Crippen molar-refractivity contribution in [2.24, 2.45) is 0 Å². The molecule has 1 heterocycles. The number of rotatable bonds is 18. The molecule has 1 aromatic rings. The number of carbonyl (C=O) groups excluding carboxylic acids is 1. The summed E-state index contributed by atoms with van der Waals surface area (Å²) in [4.78, 5) is 16.5. The van der Waals surface area contributed by atoms with Crippen LogP contribution in [0.15, 0.2) is 0 Å². The molecule has 0 aliphatic rings. The minimum absolute atomic E-state index is 0.167. The molecule has 0 aromatic carbocycles. The Morgan fingerprint density at radius 3 is 2.06 bits per heavy atom. The minimum Gasteiger partial charge on any atom is -0.463 e. The number of halogens is 3. The summed E-state index contributed by atoms with van der Waals surface area (Å²) in [6, 6.07) is 0. The van der Waals surface area contributed by atoms with Crippen LogP contribution in [0, 0.1) is 17.6 Å². The fraction of sp³-hybridized carbons (Fsp3) is 0.739. The van der Waals surface area contributed by atoms with Gasteiger partial charge < -0.3 is 19.1 Å². The highest BCUT2D eigenvalue weighted by molar-refractivity contribution is 5.71. The van der Waals surface area contributed by atoms with Crippen LogP contribution in [0.5, 0.6) is 5.88 Å². The highest BCUT2D eigenvalue weighted by Gasteiger charge is 2.26. The van der Waals surface area contributed by atoms with E-state index in [1.807, 2.05) is 13.8 Å². The van der Waals surface area contributed by atoms with Gasteiger partial charge in [0, 0.05) is 26.3 Å². The molecule has 0 spiro atoms. The molecule has 0 saturated heterocycles. The standard InChI is InChI=1S/C23H37F3N2O4/c1-4-7-12-28(13-8-5-2)21-19(24)22(26)27-23(20(21)25)32-17-18(29)31-16-11-10-15-30-14-9-6-3/h4-17H2,1-3H3. The lowest BCUT2D eigenvalue weighted by Gasteiger charge is -2.26. The lowest BCUT2D eigenvalue weighted by Crippen LogP contribution is -2.29. The van der Waals surface area contributed by atoms with Gasteiger partial charge in [0.15, 0.2) is 6.61 Å². The van der Waals surface area contributed by atoms with Crippen LogP contribution in [-0.2, 0) is 14.3 Å². The third kappa shape index (κ3) is 10.1. The zero-order chi connectivity index (χ0) is 23.8. The highest BCUT2D eigenvalue weighted by Crippen LogP contribution is 2.31. The predicted octanol–water partition coefficient (Wildman–Crippen LogP) is 5.42. The largest absolute Gasteiger partial charge is 0.463 e. The van der Waals surface area contributed by atoms with Gasteiger partial charge >= 0.3 is 5.97 Å². The van der Waals surface area contributed by atoms with E-state index in [0.29, 0.717) is 45.6 Å². The SMILES string of the molecule is CCCCOCCCCOC(=O)COc1nc(F)c(F)c(N(CCCC)CCCC)c1F. The van der Waals surface area contributed by atoms with Gasteiger partial charge in [-0.25, -0.2) is 4.79 Å². The van der Waals surface area contributed by atoms with E-state index in [-0.39, 0.29) is 6.61 Å². The zero-order valence-corrected chi connectivity index (χ0v) is 19.6. The summed E-state index contributed by atoms with van der Waals surface area (Å²) in [6.45, 7) is 7.57. The number of nitrogens with zero attached hydrogens (tertiary/aromatic N) is 2. The maximum absolute atomic E-state index is 14.9. The Labute approximate surface area is 189 Å². The molecule has 0 unspecified atom stereocenters. The van der Waals surface area contributed by atoms with Crippen molar-refractivity contribution in [3.05, 3.63) is 17.6 Å². The van der Waals surface area contributed by atoms with Crippen LogP contribution in [0.1, 0.15) is 72.1 Å². The molecular formula is C23H37F3N2O4. The number of pyridine rings is 1. The summed E-state index contributed by atoms with van der Waals surface area (Å²) < 4.78 is 58.9. The number of carbonyl (C=O) groups is 1. The first kappa shape index (κ1) is 28.0. The molecule has 0 bridgehead atoms. The fourth-order valence-corrected chi connectivity index (χ4v) is 2.90. The maximum atomic E-state index is 14.9. The molecule has 0 aliphatic heterocycles. The molecule has 184 valence electrons. The first-order valence-corrected chi connectivity index (χ1v) is 11.6. The summed E-state index contributed by atoms with van der Waals surface area (Å²) >= 11 is 0. The van der Waals surface area contributed by atoms with Gasteiger partial charge in [-0.3, -0.25) is 0 Å². The van der Waals surface area contributed by atoms with Crippen LogP contribution in [0.3, 0.4) is 0 Å². The van der Waals surface area contributed by atoms with E-state index in [1.165, 1.54) is 4.90 Å². The summed E-state index contributed by atoms with van der Waals surface area (Å²) in [5.74, 6) is -5.43. The third-order valence-electron chi connectivity index (χ3n) is 4.78. The van der Waals surface area contributed by atoms with Gasteiger partial charge in [0.2, 0.25) is 11.6 Å². The Bertz CT molecular complexity index is 669. The Morgan fingerprint density at radius 2 is 1.44 bits per heavy atom. The van der Waals surface area contributed by atoms with Crippen molar-refractivity contribution in [2.75, 3.05) is 44.4 Å². The second-order valence-electron chi connectivity index (χ2n) is 7.56. The number of hydrogen-bond donors (Lipinski definition) is 0. The van der Waals surface area contributed by atoms with Crippen LogP contribution in [0.4, 0.5) is 18.9 Å². The van der Waals surface area contributed by atoms with E-state index in [2.05, 4.69) is 11.9 Å². The molecule has 6 nitrogen and oxygen atoms in total. The van der Waals surface area contributed by atoms with Gasteiger partial charge in [0.25, 0.3) is 11.8 Å². The molecule has 1 rings (SSSR count). The molecule has 9 heteroatoms. The van der Waals surface area contributed by atoms with Crippen molar-refractivity contribution in [2.45, 2.75) is 72.1 Å². The molecule has 32 heavy (non-hydrogen) atoms. The van der Waals surface area contributed by atoms with Crippen molar-refractivity contribution in [3.8, 4) is 5.88 Å². The Kier molecular flexibility index (Phi) is 14.5. The molecule has 0 amide bonds. The topological polar surface area (TPSA) is 60.9 Å². The number of hydrogen-bond acceptors (Lipinski definition) is 6. The number of unbranched alkanes of at least 4 members (excludes halogenated alkanes) is 4. The lowest BCUT2D eigenvalue weighted by atomic mass is 10.2. The number of aromatic nitrogens is 1. The van der Waals surface area contributed by atoms with Crippen molar-refractivity contribution >= 4 is 11.7 Å². The van der Waals surface area contributed by atoms with Crippen LogP contribution in [0.25, 0.3) is 0 Å². The van der Waals surface area contributed by atoms with E-state index in [0.717, 1.165) is 32.1 Å². The molecule has 0 atom stereocenters. The van der Waals surface area contributed by atoms with Crippen molar-refractivity contribution in [1.29, 1.82) is 0 Å². The Hall–Kier alpha value is -2.03. The van der Waals surface area contributed by atoms with Gasteiger partial charge in [-0.2, -0.15) is 18.2 Å². The fourth-order valence-electron chi connectivity index (χ4n) is 2.90. The zero-order valence-electron chi connectivity index (χ0n) is 19.6.